The van der Waals surface area contributed by atoms with Crippen molar-refractivity contribution in [3.05, 3.63) is 64.6 Å². The molecular weight excluding hydrogens is 385 g/mol. The Morgan fingerprint density at radius 1 is 1.10 bits per heavy atom. The summed E-state index contributed by atoms with van der Waals surface area (Å²) in [5.74, 6) is 0.534. The summed E-state index contributed by atoms with van der Waals surface area (Å²) in [5, 5.41) is 0.449. The zero-order valence-corrected chi connectivity index (χ0v) is 18.1. The van der Waals surface area contributed by atoms with E-state index in [9.17, 15) is 9.18 Å². The molecule has 30 heavy (non-hydrogen) atoms. The van der Waals surface area contributed by atoms with E-state index in [0.717, 1.165) is 11.1 Å². The van der Waals surface area contributed by atoms with Crippen LogP contribution in [0.4, 0.5) is 9.18 Å². The normalized spacial score (nSPS) is 11.4. The summed E-state index contributed by atoms with van der Waals surface area (Å²) in [6, 6.07) is 10.5. The number of carbonyl (C=O) groups excluding carboxylic acids is 1. The maximum absolute atomic E-state index is 14.8. The Hall–Kier alpha value is -3.15. The second kappa shape index (κ2) is 8.30. The summed E-state index contributed by atoms with van der Waals surface area (Å²) in [5.41, 5.74) is 2.72. The van der Waals surface area contributed by atoms with Gasteiger partial charge in [0.25, 0.3) is 0 Å². The molecule has 0 bridgehead atoms. The number of rotatable bonds is 4. The Balaban J connectivity index is 1.90. The van der Waals surface area contributed by atoms with Gasteiger partial charge >= 0.3 is 6.16 Å². The van der Waals surface area contributed by atoms with Crippen molar-refractivity contribution in [3.63, 3.8) is 0 Å². The fraction of sp³-hybridized carbons (Fsp3) is 0.333. The Labute approximate surface area is 175 Å². The van der Waals surface area contributed by atoms with E-state index < -0.39 is 12.0 Å². The van der Waals surface area contributed by atoms with Crippen molar-refractivity contribution in [2.45, 2.75) is 46.6 Å². The van der Waals surface area contributed by atoms with Crippen molar-refractivity contribution in [1.82, 2.24) is 4.98 Å². The van der Waals surface area contributed by atoms with Crippen molar-refractivity contribution in [2.75, 3.05) is 7.11 Å². The highest BCUT2D eigenvalue weighted by molar-refractivity contribution is 5.89. The molecule has 6 heteroatoms. The molecule has 0 aliphatic heterocycles. The van der Waals surface area contributed by atoms with Crippen LogP contribution in [0.2, 0.25) is 0 Å². The first-order valence-electron chi connectivity index (χ1n) is 9.68. The lowest BCUT2D eigenvalue weighted by Gasteiger charge is -2.21. The molecule has 0 spiro atoms. The number of benzene rings is 2. The lowest BCUT2D eigenvalue weighted by atomic mass is 9.86. The van der Waals surface area contributed by atoms with Crippen LogP contribution in [0.1, 0.15) is 43.2 Å². The zero-order chi connectivity index (χ0) is 22.1. The monoisotopic (exact) mass is 411 g/mol. The molecule has 1 heterocycles. The molecule has 158 valence electrons. The minimum Gasteiger partial charge on any atom is -0.497 e. The predicted molar refractivity (Wildman–Crippen MR) is 114 cm³/mol. The Morgan fingerprint density at radius 2 is 1.77 bits per heavy atom. The molecule has 0 saturated heterocycles. The zero-order valence-electron chi connectivity index (χ0n) is 18.1. The van der Waals surface area contributed by atoms with Crippen LogP contribution in [0.15, 0.2) is 36.4 Å². The van der Waals surface area contributed by atoms with E-state index in [1.165, 1.54) is 6.07 Å². The molecule has 0 amide bonds. The third-order valence-corrected chi connectivity index (χ3v) is 5.04. The van der Waals surface area contributed by atoms with E-state index in [1.54, 1.807) is 45.2 Å². The predicted octanol–water partition coefficient (Wildman–Crippen LogP) is 6.01. The van der Waals surface area contributed by atoms with E-state index in [4.69, 9.17) is 14.2 Å². The molecule has 0 unspecified atom stereocenters. The van der Waals surface area contributed by atoms with Crippen molar-refractivity contribution >= 4 is 17.1 Å². The molecule has 0 aliphatic rings. The Kier molecular flexibility index (Phi) is 5.97. The van der Waals surface area contributed by atoms with Crippen LogP contribution >= 0.6 is 0 Å². The second-order valence-electron chi connectivity index (χ2n) is 8.24. The third kappa shape index (κ3) is 4.53. The van der Waals surface area contributed by atoms with Gasteiger partial charge in [-0.3, -0.25) is 0 Å². The van der Waals surface area contributed by atoms with Gasteiger partial charge in [0.15, 0.2) is 0 Å². The van der Waals surface area contributed by atoms with Gasteiger partial charge in [-0.25, -0.2) is 14.2 Å². The van der Waals surface area contributed by atoms with Gasteiger partial charge in [-0.2, -0.15) is 0 Å². The average molecular weight is 411 g/mol. The first-order valence-corrected chi connectivity index (χ1v) is 9.68. The molecule has 0 N–H and O–H groups in total. The molecule has 5 nitrogen and oxygen atoms in total. The minimum absolute atomic E-state index is 0.0471. The number of methoxy groups -OCH3 is 1. The summed E-state index contributed by atoms with van der Waals surface area (Å²) in [6.07, 6.45) is -0.859. The smallest absolute Gasteiger partial charge is 0.497 e. The second-order valence-corrected chi connectivity index (χ2v) is 8.24. The first kappa shape index (κ1) is 21.6. The lowest BCUT2D eigenvalue weighted by molar-refractivity contribution is 0.0930. The van der Waals surface area contributed by atoms with Crippen LogP contribution in [0.5, 0.6) is 11.5 Å². The molecule has 0 aliphatic carbocycles. The van der Waals surface area contributed by atoms with Crippen molar-refractivity contribution in [2.24, 2.45) is 0 Å². The highest BCUT2D eigenvalue weighted by Crippen LogP contribution is 2.35. The molecule has 2 aromatic carbocycles. The lowest BCUT2D eigenvalue weighted by Crippen LogP contribution is -2.14. The topological polar surface area (TPSA) is 57.7 Å². The van der Waals surface area contributed by atoms with Gasteiger partial charge in [-0.1, -0.05) is 32.9 Å². The van der Waals surface area contributed by atoms with Crippen LogP contribution in [0.3, 0.4) is 0 Å². The van der Waals surface area contributed by atoms with E-state index in [-0.39, 0.29) is 23.3 Å². The summed E-state index contributed by atoms with van der Waals surface area (Å²) in [4.78, 5) is 16.8. The number of hydrogen-bond acceptors (Lipinski definition) is 5. The Morgan fingerprint density at radius 3 is 2.37 bits per heavy atom. The van der Waals surface area contributed by atoms with Crippen LogP contribution in [0, 0.1) is 19.7 Å². The van der Waals surface area contributed by atoms with Crippen molar-refractivity contribution in [3.8, 4) is 11.5 Å². The highest BCUT2D eigenvalue weighted by atomic mass is 19.1. The van der Waals surface area contributed by atoms with Crippen LogP contribution in [0.25, 0.3) is 10.9 Å². The van der Waals surface area contributed by atoms with E-state index in [2.05, 4.69) is 4.98 Å². The number of hydrogen-bond donors (Lipinski definition) is 0. The van der Waals surface area contributed by atoms with E-state index >= 15 is 0 Å². The van der Waals surface area contributed by atoms with E-state index in [1.807, 2.05) is 26.8 Å². The molecule has 3 aromatic rings. The quantitative estimate of drug-likeness (QED) is 0.492. The fourth-order valence-electron chi connectivity index (χ4n) is 3.04. The molecule has 0 saturated carbocycles. The first-order chi connectivity index (χ1) is 14.1. The number of aromatic nitrogens is 1. The molecule has 0 fully saturated rings. The maximum Gasteiger partial charge on any atom is 0.514 e. The van der Waals surface area contributed by atoms with Gasteiger partial charge in [-0.05, 0) is 54.7 Å². The summed E-state index contributed by atoms with van der Waals surface area (Å²) in [7, 11) is 1.58. The van der Waals surface area contributed by atoms with Crippen LogP contribution < -0.4 is 9.47 Å². The highest BCUT2D eigenvalue weighted by Gasteiger charge is 2.22. The third-order valence-electron chi connectivity index (χ3n) is 5.04. The standard InChI is InChI=1S/C24H26FNO4/c1-14-15(2)26-21-19(11-17(12-20(21)25)24(3,4)5)22(14)30-23(27)29-13-16-7-9-18(28-6)10-8-16/h7-12H,13H2,1-6H3. The number of aryl methyl sites for hydroxylation is 1. The molecule has 0 radical (unpaired) electrons. The summed E-state index contributed by atoms with van der Waals surface area (Å²) < 4.78 is 30.7. The number of halogens is 1. The van der Waals surface area contributed by atoms with Gasteiger partial charge in [0.2, 0.25) is 0 Å². The van der Waals surface area contributed by atoms with Crippen molar-refractivity contribution in [1.29, 1.82) is 0 Å². The Bertz CT molecular complexity index is 1090. The number of ether oxygens (including phenoxy) is 3. The SMILES string of the molecule is COc1ccc(COC(=O)Oc2c(C)c(C)nc3c(F)cc(C(C)(C)C)cc23)cc1. The number of fused-ring (bicyclic) bond motifs is 1. The molecular formula is C24H26FNO4. The minimum atomic E-state index is -0.859. The fourth-order valence-corrected chi connectivity index (χ4v) is 3.04. The van der Waals surface area contributed by atoms with Gasteiger partial charge in [-0.15, -0.1) is 0 Å². The van der Waals surface area contributed by atoms with Gasteiger partial charge in [0, 0.05) is 16.6 Å². The van der Waals surface area contributed by atoms with Crippen LogP contribution in [-0.2, 0) is 16.8 Å². The largest absolute Gasteiger partial charge is 0.514 e. The average Bonchev–Trinajstić information content (AvgIpc) is 2.70. The van der Waals surface area contributed by atoms with Gasteiger partial charge in [0.05, 0.1) is 7.11 Å². The molecule has 0 atom stereocenters. The molecule has 3 rings (SSSR count). The summed E-state index contributed by atoms with van der Waals surface area (Å²) >= 11 is 0. The van der Waals surface area contributed by atoms with Crippen LogP contribution in [-0.4, -0.2) is 18.2 Å². The number of pyridine rings is 1. The number of carbonyl (C=O) groups is 1. The maximum atomic E-state index is 14.8. The van der Waals surface area contributed by atoms with Gasteiger partial charge in [0.1, 0.15) is 29.4 Å². The van der Waals surface area contributed by atoms with Gasteiger partial charge < -0.3 is 14.2 Å². The van der Waals surface area contributed by atoms with Crippen molar-refractivity contribution < 1.29 is 23.4 Å². The molecule has 1 aromatic heterocycles. The number of nitrogens with zero attached hydrogens (tertiary/aromatic N) is 1. The summed E-state index contributed by atoms with van der Waals surface area (Å²) in [6.45, 7) is 9.56. The van der Waals surface area contributed by atoms with E-state index in [0.29, 0.717) is 22.4 Å².